The molecule has 15 heavy (non-hydrogen) atoms. The van der Waals surface area contributed by atoms with Crippen molar-refractivity contribution in [1.82, 2.24) is 0 Å². The topological polar surface area (TPSA) is 38.7 Å². The zero-order chi connectivity index (χ0) is 11.6. The minimum Gasteiger partial charge on any atom is -0.243 e. The van der Waals surface area contributed by atoms with Crippen LogP contribution in [0, 0.1) is 0 Å². The normalized spacial score (nSPS) is 46.8. The van der Waals surface area contributed by atoms with E-state index < -0.39 is 36.1 Å². The molecular formula is C6H7F5O3S. The van der Waals surface area contributed by atoms with Crippen LogP contribution in [-0.4, -0.2) is 41.4 Å². The Kier molecular flexibility index (Phi) is 4.56. The largest absolute Gasteiger partial charge is 0.243 e. The molecule has 1 N–H and O–H groups in total. The van der Waals surface area contributed by atoms with E-state index in [0.717, 1.165) is 0 Å². The second-order valence-corrected chi connectivity index (χ2v) is 3.80. The van der Waals surface area contributed by atoms with Crippen LogP contribution in [0.4, 0.5) is 22.0 Å². The molecule has 0 amide bonds. The monoisotopic (exact) mass is 254 g/mol. The smallest absolute Gasteiger partial charge is 0.168 e. The van der Waals surface area contributed by atoms with Gasteiger partial charge in [-0.25, -0.2) is 27.2 Å². The van der Waals surface area contributed by atoms with Crippen molar-refractivity contribution >= 4 is 12.0 Å². The fraction of sp³-hybridized carbons (Fsp3) is 1.00. The lowest BCUT2D eigenvalue weighted by molar-refractivity contribution is -0.432. The molecule has 90 valence electrons. The summed E-state index contributed by atoms with van der Waals surface area (Å²) in [5, 5.41) is 8.80. The van der Waals surface area contributed by atoms with E-state index in [2.05, 4.69) is 9.37 Å². The molecule has 1 fully saturated rings. The molecule has 0 spiro atoms. The van der Waals surface area contributed by atoms with Crippen LogP contribution in [0.1, 0.15) is 0 Å². The summed E-state index contributed by atoms with van der Waals surface area (Å²) in [5.41, 5.74) is 0. The van der Waals surface area contributed by atoms with Gasteiger partial charge in [-0.2, -0.15) is 0 Å². The van der Waals surface area contributed by atoms with Gasteiger partial charge in [0, 0.05) is 12.0 Å². The molecule has 0 aliphatic heterocycles. The minimum atomic E-state index is -2.85. The Labute approximate surface area is 85.6 Å². The Morgan fingerprint density at radius 3 is 1.60 bits per heavy atom. The first-order valence-electron chi connectivity index (χ1n) is 3.84. The summed E-state index contributed by atoms with van der Waals surface area (Å²) in [6.45, 7) is 0. The molecule has 0 radical (unpaired) electrons. The molecule has 1 saturated carbocycles. The maximum Gasteiger partial charge on any atom is 0.168 e. The van der Waals surface area contributed by atoms with Gasteiger partial charge in [0.25, 0.3) is 0 Å². The van der Waals surface area contributed by atoms with Crippen molar-refractivity contribution in [3.63, 3.8) is 0 Å². The fourth-order valence-electron chi connectivity index (χ4n) is 1.23. The van der Waals surface area contributed by atoms with E-state index in [1.54, 1.807) is 0 Å². The Morgan fingerprint density at radius 2 is 1.20 bits per heavy atom. The van der Waals surface area contributed by atoms with E-state index in [-0.39, 0.29) is 12.0 Å². The summed E-state index contributed by atoms with van der Waals surface area (Å²) in [6.07, 6.45) is -13.6. The number of hydrogen-bond donors (Lipinski definition) is 1. The number of rotatable bonds is 3. The van der Waals surface area contributed by atoms with Crippen molar-refractivity contribution in [2.75, 3.05) is 0 Å². The Morgan fingerprint density at radius 1 is 0.800 bits per heavy atom. The van der Waals surface area contributed by atoms with E-state index in [1.165, 1.54) is 0 Å². The van der Waals surface area contributed by atoms with E-state index in [1.807, 2.05) is 0 Å². The number of hydrogen-bond acceptors (Lipinski definition) is 4. The van der Waals surface area contributed by atoms with E-state index >= 15 is 0 Å². The maximum atomic E-state index is 13.0. The number of alkyl halides is 5. The molecule has 4 atom stereocenters. The molecule has 0 heterocycles. The first-order valence-corrected chi connectivity index (χ1v) is 4.65. The Hall–Kier alpha value is -0.120. The highest BCUT2D eigenvalue weighted by Gasteiger charge is 2.54. The lowest BCUT2D eigenvalue weighted by atomic mass is 9.91. The van der Waals surface area contributed by atoms with Crippen LogP contribution in [0.5, 0.6) is 0 Å². The molecule has 0 aromatic heterocycles. The van der Waals surface area contributed by atoms with Gasteiger partial charge < -0.3 is 0 Å². The van der Waals surface area contributed by atoms with Crippen LogP contribution >= 0.6 is 12.0 Å². The predicted molar refractivity (Wildman–Crippen MR) is 40.7 cm³/mol. The van der Waals surface area contributed by atoms with Crippen LogP contribution in [0.3, 0.4) is 0 Å². The first-order chi connectivity index (χ1) is 7.00. The minimum absolute atomic E-state index is 0.146. The predicted octanol–water partition coefficient (Wildman–Crippen LogP) is 2.13. The van der Waals surface area contributed by atoms with E-state index in [4.69, 9.17) is 5.26 Å². The summed E-state index contributed by atoms with van der Waals surface area (Å²) < 4.78 is 67.7. The lowest BCUT2D eigenvalue weighted by Crippen LogP contribution is -2.55. The highest BCUT2D eigenvalue weighted by molar-refractivity contribution is 7.95. The van der Waals surface area contributed by atoms with Crippen LogP contribution in [0.15, 0.2) is 0 Å². The van der Waals surface area contributed by atoms with Crippen LogP contribution in [-0.2, 0) is 9.37 Å². The van der Waals surface area contributed by atoms with Gasteiger partial charge in [-0.15, -0.1) is 4.33 Å². The zero-order valence-corrected chi connectivity index (χ0v) is 7.84. The van der Waals surface area contributed by atoms with Gasteiger partial charge in [-0.3, -0.25) is 0 Å². The van der Waals surface area contributed by atoms with E-state index in [9.17, 15) is 22.0 Å². The van der Waals surface area contributed by atoms with Crippen LogP contribution in [0.25, 0.3) is 0 Å². The maximum absolute atomic E-state index is 13.0. The molecular weight excluding hydrogens is 247 g/mol. The SMILES string of the molecule is OOOSC1C(F)C(F)C(F)C(F)C1F. The van der Waals surface area contributed by atoms with Gasteiger partial charge in [0.1, 0.15) is 5.25 Å². The molecule has 1 aliphatic carbocycles. The molecule has 0 aromatic rings. The van der Waals surface area contributed by atoms with Gasteiger partial charge >= 0.3 is 0 Å². The molecule has 0 saturated heterocycles. The third-order valence-corrected chi connectivity index (χ3v) is 2.91. The van der Waals surface area contributed by atoms with Gasteiger partial charge in [-0.1, -0.05) is 5.04 Å². The van der Waals surface area contributed by atoms with Gasteiger partial charge in [0.15, 0.2) is 30.9 Å². The van der Waals surface area contributed by atoms with Crippen LogP contribution in [0.2, 0.25) is 0 Å². The quantitative estimate of drug-likeness (QED) is 0.362. The molecule has 9 heteroatoms. The summed E-state index contributed by atoms with van der Waals surface area (Å²) >= 11 is -0.146. The van der Waals surface area contributed by atoms with Crippen molar-refractivity contribution in [2.24, 2.45) is 0 Å². The first kappa shape index (κ1) is 12.9. The van der Waals surface area contributed by atoms with Crippen molar-refractivity contribution < 1.29 is 36.6 Å². The standard InChI is InChI=1S/C6H7F5O3S/c7-1-2(8)4(10)6(15-14-13-12)5(11)3(1)9/h1-6,12H. The lowest BCUT2D eigenvalue weighted by Gasteiger charge is -2.34. The Bertz CT molecular complexity index is 195. The molecule has 3 nitrogen and oxygen atoms in total. The summed E-state index contributed by atoms with van der Waals surface area (Å²) in [6, 6.07) is 0. The molecule has 1 rings (SSSR count). The average molecular weight is 254 g/mol. The fourth-order valence-corrected chi connectivity index (χ4v) is 1.87. The summed E-state index contributed by atoms with van der Waals surface area (Å²) in [7, 11) is 0. The highest BCUT2D eigenvalue weighted by atomic mass is 32.2. The number of halogens is 5. The summed E-state index contributed by atoms with van der Waals surface area (Å²) in [4.78, 5) is 0. The average Bonchev–Trinajstić information content (AvgIpc) is 2.24. The third kappa shape index (κ3) is 2.52. The second kappa shape index (κ2) is 5.28. The van der Waals surface area contributed by atoms with Gasteiger partial charge in [0.05, 0.1) is 0 Å². The van der Waals surface area contributed by atoms with Crippen molar-refractivity contribution in [3.8, 4) is 0 Å². The molecule has 0 aromatic carbocycles. The molecule has 4 unspecified atom stereocenters. The van der Waals surface area contributed by atoms with Gasteiger partial charge in [0.2, 0.25) is 0 Å². The zero-order valence-electron chi connectivity index (χ0n) is 7.03. The van der Waals surface area contributed by atoms with Crippen molar-refractivity contribution in [3.05, 3.63) is 0 Å². The molecule has 1 aliphatic rings. The van der Waals surface area contributed by atoms with Gasteiger partial charge in [-0.05, 0) is 0 Å². The summed E-state index contributed by atoms with van der Waals surface area (Å²) in [5.74, 6) is 0. The molecule has 0 bridgehead atoms. The van der Waals surface area contributed by atoms with Crippen molar-refractivity contribution in [1.29, 1.82) is 0 Å². The second-order valence-electron chi connectivity index (χ2n) is 2.93. The highest BCUT2D eigenvalue weighted by Crippen LogP contribution is 2.38. The van der Waals surface area contributed by atoms with Crippen LogP contribution < -0.4 is 0 Å². The Balaban J connectivity index is 2.68. The van der Waals surface area contributed by atoms with Crippen molar-refractivity contribution in [2.45, 2.75) is 36.1 Å². The third-order valence-electron chi connectivity index (χ3n) is 2.03. The van der Waals surface area contributed by atoms with E-state index in [0.29, 0.717) is 0 Å².